The summed E-state index contributed by atoms with van der Waals surface area (Å²) in [7, 11) is 0. The molecule has 570 valence electrons. The molecule has 0 spiro atoms. The number of aliphatic carboxylic acids is 2. The summed E-state index contributed by atoms with van der Waals surface area (Å²) in [6.07, 6.45) is 30.7. The largest absolute Gasteiger partial charge is 0.480 e. The summed E-state index contributed by atoms with van der Waals surface area (Å²) in [5.74, 6) is -7.45. The Morgan fingerprint density at radius 3 is 1.13 bits per heavy atom. The van der Waals surface area contributed by atoms with Crippen LogP contribution in [0.3, 0.4) is 0 Å². The van der Waals surface area contributed by atoms with Crippen LogP contribution < -0.4 is 26.6 Å². The van der Waals surface area contributed by atoms with Crippen LogP contribution in [-0.4, -0.2) is 174 Å². The number of amides is 5. The lowest BCUT2D eigenvalue weighted by atomic mass is 10.1. The first-order valence-corrected chi connectivity index (χ1v) is 33.6. The van der Waals surface area contributed by atoms with E-state index in [1.165, 1.54) is 20.8 Å². The minimum absolute atomic E-state index is 0.0716. The van der Waals surface area contributed by atoms with Crippen molar-refractivity contribution in [1.82, 2.24) is 26.6 Å². The molecule has 5 amide bonds. The topological polar surface area (TPSA) is 418 Å². The number of carbonyl (C=O) groups is 13. The molecule has 0 bridgehead atoms. The van der Waals surface area contributed by atoms with Crippen molar-refractivity contribution in [1.29, 1.82) is 0 Å². The zero-order valence-electron chi connectivity index (χ0n) is 61.3. The molecule has 0 aliphatic rings. The fraction of sp³-hybridized carbons (Fsp3) is 0.648. The smallest absolute Gasteiger partial charge is 0.408 e. The Labute approximate surface area is 588 Å². The molecule has 0 aromatic rings. The highest BCUT2D eigenvalue weighted by atomic mass is 16.6. The number of aldehydes is 1. The van der Waals surface area contributed by atoms with Crippen LogP contribution >= 0.6 is 0 Å². The average molecular weight is 1410 g/mol. The van der Waals surface area contributed by atoms with Gasteiger partial charge in [-0.05, 0) is 158 Å². The van der Waals surface area contributed by atoms with Crippen molar-refractivity contribution in [2.45, 2.75) is 260 Å². The molecular formula is C71H123N5O23. The van der Waals surface area contributed by atoms with Crippen LogP contribution in [0.15, 0.2) is 75.0 Å². The van der Waals surface area contributed by atoms with Crippen LogP contribution in [0, 0.1) is 0 Å². The number of nitrogens with one attached hydrogen (secondary N) is 5. The molecule has 2 unspecified atom stereocenters. The molecule has 0 aliphatic carbocycles. The minimum atomic E-state index is -1.61. The first kappa shape index (κ1) is 104. The van der Waals surface area contributed by atoms with Crippen molar-refractivity contribution in [2.75, 3.05) is 39.6 Å². The molecule has 0 radical (unpaired) electrons. The Balaban J connectivity index is -0.000000202. The summed E-state index contributed by atoms with van der Waals surface area (Å²) in [4.78, 5) is 142. The summed E-state index contributed by atoms with van der Waals surface area (Å²) in [5.41, 5.74) is -0.394. The molecular weight excluding hydrogens is 1290 g/mol. The van der Waals surface area contributed by atoms with Gasteiger partial charge < -0.3 is 80.2 Å². The van der Waals surface area contributed by atoms with E-state index >= 15 is 0 Å². The SMILES string of the molecule is C=CCCCC/C=C(\NC(C)=O)C(=O)OCC.C=CCCCCC(O)CO.C=CCCCCC=O.C=CCCCCC[C@H](NC(=O)OC(C)(C)C)C(=O)O.C=CCCCCC[C@H](NC(C)=O)C(=O)OCC.CCOC(=O)C(NC(C)=O)C(=O)O.CCOC(=O)C(NC(C)=O)C(=O)OCC. The van der Waals surface area contributed by atoms with Crippen LogP contribution in [-0.2, 0) is 86.0 Å². The lowest BCUT2D eigenvalue weighted by Crippen LogP contribution is -2.47. The van der Waals surface area contributed by atoms with Gasteiger partial charge in [0.15, 0.2) is 0 Å². The fourth-order valence-corrected chi connectivity index (χ4v) is 7.13. The number of carboxylic acid groups (broad SMARTS) is 2. The van der Waals surface area contributed by atoms with Gasteiger partial charge in [-0.3, -0.25) is 19.2 Å². The van der Waals surface area contributed by atoms with Crippen molar-refractivity contribution < 1.29 is 111 Å². The molecule has 0 rings (SSSR count). The second-order valence-corrected chi connectivity index (χ2v) is 22.0. The van der Waals surface area contributed by atoms with Gasteiger partial charge in [0.05, 0.1) is 45.7 Å². The van der Waals surface area contributed by atoms with Crippen LogP contribution in [0.1, 0.15) is 224 Å². The molecule has 9 N–H and O–H groups in total. The molecule has 4 atom stereocenters. The molecule has 0 heterocycles. The van der Waals surface area contributed by atoms with E-state index in [9.17, 15) is 62.3 Å². The van der Waals surface area contributed by atoms with Crippen molar-refractivity contribution in [3.05, 3.63) is 75.0 Å². The Kier molecular flexibility index (Phi) is 77.4. The van der Waals surface area contributed by atoms with Gasteiger partial charge in [0, 0.05) is 34.1 Å². The number of esters is 5. The molecule has 28 heteroatoms. The summed E-state index contributed by atoms with van der Waals surface area (Å²) in [6, 6.07) is -4.38. The van der Waals surface area contributed by atoms with Crippen LogP contribution in [0.5, 0.6) is 0 Å². The molecule has 28 nitrogen and oxygen atoms in total. The third-order valence-corrected chi connectivity index (χ3v) is 11.7. The van der Waals surface area contributed by atoms with E-state index in [0.29, 0.717) is 38.9 Å². The van der Waals surface area contributed by atoms with Gasteiger partial charge in [-0.15, -0.1) is 32.9 Å². The van der Waals surface area contributed by atoms with Gasteiger partial charge in [-0.25, -0.2) is 38.4 Å². The van der Waals surface area contributed by atoms with E-state index in [-0.39, 0.29) is 49.9 Å². The van der Waals surface area contributed by atoms with E-state index in [1.54, 1.807) is 61.5 Å². The van der Waals surface area contributed by atoms with Gasteiger partial charge in [-0.1, -0.05) is 68.6 Å². The molecule has 0 aromatic carbocycles. The molecule has 0 fully saturated rings. The normalized spacial score (nSPS) is 11.2. The highest BCUT2D eigenvalue weighted by Crippen LogP contribution is 2.12. The van der Waals surface area contributed by atoms with Gasteiger partial charge >= 0.3 is 47.9 Å². The van der Waals surface area contributed by atoms with E-state index in [0.717, 1.165) is 129 Å². The van der Waals surface area contributed by atoms with Crippen molar-refractivity contribution >= 4 is 77.8 Å². The van der Waals surface area contributed by atoms with Crippen LogP contribution in [0.4, 0.5) is 4.79 Å². The van der Waals surface area contributed by atoms with Crippen molar-refractivity contribution in [2.24, 2.45) is 0 Å². The molecule has 0 aromatic heterocycles. The lowest BCUT2D eigenvalue weighted by molar-refractivity contribution is -0.160. The maximum Gasteiger partial charge on any atom is 0.408 e. The zero-order chi connectivity index (χ0) is 77.4. The Morgan fingerprint density at radius 2 is 0.778 bits per heavy atom. The number of ether oxygens (including phenoxy) is 6. The van der Waals surface area contributed by atoms with E-state index in [1.807, 2.05) is 35.7 Å². The Morgan fingerprint density at radius 1 is 0.424 bits per heavy atom. The summed E-state index contributed by atoms with van der Waals surface area (Å²) >= 11 is 0. The first-order valence-electron chi connectivity index (χ1n) is 33.6. The summed E-state index contributed by atoms with van der Waals surface area (Å²) in [5, 5.41) is 46.4. The van der Waals surface area contributed by atoms with Crippen LogP contribution in [0.25, 0.3) is 0 Å². The number of carboxylic acids is 2. The minimum Gasteiger partial charge on any atom is -0.480 e. The van der Waals surface area contributed by atoms with Gasteiger partial charge in [0.1, 0.15) is 29.7 Å². The number of aliphatic hydroxyl groups is 2. The lowest BCUT2D eigenvalue weighted by Gasteiger charge is -2.22. The highest BCUT2D eigenvalue weighted by Gasteiger charge is 2.31. The molecule has 0 saturated carbocycles. The predicted molar refractivity (Wildman–Crippen MR) is 378 cm³/mol. The van der Waals surface area contributed by atoms with Crippen molar-refractivity contribution in [3.63, 3.8) is 0 Å². The zero-order valence-corrected chi connectivity index (χ0v) is 61.3. The second kappa shape index (κ2) is 73.7. The fourth-order valence-electron chi connectivity index (χ4n) is 7.13. The highest BCUT2D eigenvalue weighted by molar-refractivity contribution is 6.02. The number of carbonyl (C=O) groups excluding carboxylic acids is 11. The Bertz CT molecular complexity index is 2310. The average Bonchev–Trinajstić information content (AvgIpc) is 0.987. The van der Waals surface area contributed by atoms with Gasteiger partial charge in [0.2, 0.25) is 35.7 Å². The standard InChI is InChI=1S/C14H25NO4.C13H23NO3.C13H21NO3.C9H15NO5.C8H16O2.C7H11NO5.C7H12O/c1-5-6-7-8-9-10-11(12(16)17)15-13(18)19-14(2,3)4;2*1-4-6-7-8-9-10-12(14-11(3)15)13(16)17-5-2;1-4-14-8(12)7(10-6(3)11)9(13)15-5-2;1-2-3-4-5-6-8(10)7-9;1-3-13-7(12)5(6(10)11)8-4(2)9;1-2-3-4-5-6-7-8/h5,11H,1,6-10H2,2-4H3,(H,15,18)(H,16,17);4,12H,1,5-10H2,2-3H3,(H,14,15);4,10H,1,5-9H2,2-3H3,(H,14,15);7H,4-5H2,1-3H3,(H,10,11);2,8-10H,1,3-7H2;5H,3H2,1-2H3,(H,8,9)(H,10,11);2,7H,1,3-6H2/b;;12-10-;;;;/t11-;12-;;;;;/m00...../s1. The molecule has 0 aliphatic heterocycles. The summed E-state index contributed by atoms with van der Waals surface area (Å²) in [6.45, 7) is 37.5. The quantitative estimate of drug-likeness (QED) is 0.00521. The number of hydrogen-bond donors (Lipinski definition) is 9. The van der Waals surface area contributed by atoms with Gasteiger partial charge in [0.25, 0.3) is 0 Å². The molecule has 0 saturated heterocycles. The van der Waals surface area contributed by atoms with E-state index < -0.39 is 89.6 Å². The van der Waals surface area contributed by atoms with E-state index in [4.69, 9.17) is 34.6 Å². The Hall–Kier alpha value is -8.53. The number of rotatable bonds is 45. The molecule has 99 heavy (non-hydrogen) atoms. The van der Waals surface area contributed by atoms with Crippen molar-refractivity contribution in [3.8, 4) is 0 Å². The first-order chi connectivity index (χ1) is 46.7. The van der Waals surface area contributed by atoms with E-state index in [2.05, 4.69) is 68.4 Å². The number of allylic oxidation sites excluding steroid dienone is 6. The van der Waals surface area contributed by atoms with Crippen LogP contribution in [0.2, 0.25) is 0 Å². The summed E-state index contributed by atoms with van der Waals surface area (Å²) < 4.78 is 28.5. The third kappa shape index (κ3) is 78.4. The number of aliphatic hydroxyl groups excluding tert-OH is 2. The number of unbranched alkanes of at least 4 members (excludes halogenated alkanes) is 14. The third-order valence-electron chi connectivity index (χ3n) is 11.7. The second-order valence-electron chi connectivity index (χ2n) is 22.0. The van der Waals surface area contributed by atoms with Gasteiger partial charge in [-0.2, -0.15) is 0 Å². The predicted octanol–water partition coefficient (Wildman–Crippen LogP) is 9.38. The number of alkyl carbamates (subject to hydrolysis) is 1. The number of hydrogen-bond acceptors (Lipinski definition) is 21. The maximum atomic E-state index is 11.5. The monoisotopic (exact) mass is 1410 g/mol. The maximum absolute atomic E-state index is 11.5.